The van der Waals surface area contributed by atoms with Crippen LogP contribution in [0.15, 0.2) is 48.5 Å². The molecule has 3 nitrogen and oxygen atoms in total. The lowest BCUT2D eigenvalue weighted by molar-refractivity contribution is 0.144. The van der Waals surface area contributed by atoms with Gasteiger partial charge in [0.2, 0.25) is 0 Å². The topological polar surface area (TPSA) is 41.3 Å². The number of anilines is 1. The summed E-state index contributed by atoms with van der Waals surface area (Å²) < 4.78 is 0. The monoisotopic (exact) mass is 351 g/mol. The van der Waals surface area contributed by atoms with Crippen molar-refractivity contribution in [3.63, 3.8) is 0 Å². The van der Waals surface area contributed by atoms with E-state index >= 15 is 0 Å². The third-order valence-corrected chi connectivity index (χ3v) is 4.86. The predicted molar refractivity (Wildman–Crippen MR) is 101 cm³/mol. The second-order valence-electron chi connectivity index (χ2n) is 6.03. The Morgan fingerprint density at radius 2 is 1.78 bits per heavy atom. The van der Waals surface area contributed by atoms with Crippen LogP contribution >= 0.6 is 24.8 Å². The molecule has 3 N–H and O–H groups in total. The molecule has 2 unspecified atom stereocenters. The number of nitrogens with one attached hydrogen (secondary N) is 1. The molecule has 2 heterocycles. The molecule has 0 bridgehead atoms. The average Bonchev–Trinajstić information content (AvgIpc) is 2.55. The fraction of sp³-hybridized carbons (Fsp3) is 0.333. The highest BCUT2D eigenvalue weighted by Gasteiger charge is 2.36. The second kappa shape index (κ2) is 7.54. The molecule has 5 heteroatoms. The van der Waals surface area contributed by atoms with Gasteiger partial charge in [0.05, 0.1) is 0 Å². The molecule has 0 saturated carbocycles. The lowest BCUT2D eigenvalue weighted by Crippen LogP contribution is -2.50. The van der Waals surface area contributed by atoms with Gasteiger partial charge in [0, 0.05) is 43.8 Å². The van der Waals surface area contributed by atoms with Gasteiger partial charge in [0.15, 0.2) is 0 Å². The third-order valence-electron chi connectivity index (χ3n) is 4.86. The Hall–Kier alpha value is -1.26. The fourth-order valence-electron chi connectivity index (χ4n) is 3.84. The Balaban J connectivity index is 0.000000960. The summed E-state index contributed by atoms with van der Waals surface area (Å²) in [7, 11) is 0. The Bertz CT molecular complexity index is 648. The van der Waals surface area contributed by atoms with Crippen LogP contribution < -0.4 is 11.1 Å². The summed E-state index contributed by atoms with van der Waals surface area (Å²) >= 11 is 0. The van der Waals surface area contributed by atoms with Crippen LogP contribution in [-0.4, -0.2) is 31.1 Å². The van der Waals surface area contributed by atoms with Crippen molar-refractivity contribution >= 4 is 30.5 Å². The van der Waals surface area contributed by atoms with E-state index in [1.54, 1.807) is 0 Å². The maximum Gasteiger partial charge on any atom is 0.0496 e. The molecule has 1 saturated heterocycles. The number of fused-ring (bicyclic) bond motifs is 3. The van der Waals surface area contributed by atoms with E-state index in [0.29, 0.717) is 12.0 Å². The van der Waals surface area contributed by atoms with E-state index in [1.807, 2.05) is 6.07 Å². The number of hydrogen-bond donors (Lipinski definition) is 2. The minimum Gasteiger partial charge on any atom is -0.398 e. The van der Waals surface area contributed by atoms with Crippen LogP contribution in [0.1, 0.15) is 28.7 Å². The van der Waals surface area contributed by atoms with Crippen LogP contribution in [0.5, 0.6) is 0 Å². The number of nitrogen functional groups attached to an aromatic ring is 1. The Morgan fingerprint density at radius 1 is 1.00 bits per heavy atom. The number of halogens is 2. The molecule has 2 aliphatic rings. The molecule has 0 aliphatic carbocycles. The quantitative estimate of drug-likeness (QED) is 0.775. The molecule has 2 atom stereocenters. The van der Waals surface area contributed by atoms with Crippen molar-refractivity contribution in [1.29, 1.82) is 0 Å². The average molecular weight is 352 g/mol. The molecule has 23 heavy (non-hydrogen) atoms. The highest BCUT2D eigenvalue weighted by molar-refractivity contribution is 5.85. The van der Waals surface area contributed by atoms with E-state index in [0.717, 1.165) is 31.9 Å². The number of hydrogen-bond acceptors (Lipinski definition) is 3. The van der Waals surface area contributed by atoms with Gasteiger partial charge >= 0.3 is 0 Å². The van der Waals surface area contributed by atoms with E-state index in [2.05, 4.69) is 52.7 Å². The van der Waals surface area contributed by atoms with Gasteiger partial charge in [-0.05, 0) is 22.8 Å². The standard InChI is InChI=1S/C18H21N3.2ClH/c19-16-8-4-7-14-15(13-5-2-1-3-6-13)12-21-10-9-20-11-17(21)18(14)16;;/h1-8,15,17,20H,9-12,19H2;2*1H. The number of nitrogens with zero attached hydrogens (tertiary/aromatic N) is 1. The second-order valence-corrected chi connectivity index (χ2v) is 6.03. The van der Waals surface area contributed by atoms with Crippen molar-refractivity contribution in [2.75, 3.05) is 31.9 Å². The van der Waals surface area contributed by atoms with E-state index < -0.39 is 0 Å². The van der Waals surface area contributed by atoms with Crippen molar-refractivity contribution in [3.05, 3.63) is 65.2 Å². The highest BCUT2D eigenvalue weighted by Crippen LogP contribution is 2.42. The first-order chi connectivity index (χ1) is 10.3. The minimum absolute atomic E-state index is 0. The first kappa shape index (κ1) is 18.1. The van der Waals surface area contributed by atoms with Crippen molar-refractivity contribution < 1.29 is 0 Å². The molecule has 2 aromatic rings. The molecule has 0 spiro atoms. The van der Waals surface area contributed by atoms with Crippen LogP contribution in [0.3, 0.4) is 0 Å². The summed E-state index contributed by atoms with van der Waals surface area (Å²) in [6.45, 7) is 4.26. The summed E-state index contributed by atoms with van der Waals surface area (Å²) in [5.41, 5.74) is 11.4. The van der Waals surface area contributed by atoms with Crippen LogP contribution in [0.2, 0.25) is 0 Å². The minimum atomic E-state index is 0. The van der Waals surface area contributed by atoms with Crippen molar-refractivity contribution in [3.8, 4) is 0 Å². The van der Waals surface area contributed by atoms with Crippen LogP contribution in [-0.2, 0) is 0 Å². The van der Waals surface area contributed by atoms with Gasteiger partial charge in [0.1, 0.15) is 0 Å². The molecular formula is C18H23Cl2N3. The Labute approximate surface area is 150 Å². The van der Waals surface area contributed by atoms with Crippen LogP contribution in [0.4, 0.5) is 5.69 Å². The van der Waals surface area contributed by atoms with E-state index in [9.17, 15) is 0 Å². The molecule has 124 valence electrons. The van der Waals surface area contributed by atoms with Crippen molar-refractivity contribution in [2.45, 2.75) is 12.0 Å². The molecular weight excluding hydrogens is 329 g/mol. The summed E-state index contributed by atoms with van der Waals surface area (Å²) in [5, 5.41) is 3.51. The first-order valence-corrected chi connectivity index (χ1v) is 7.72. The summed E-state index contributed by atoms with van der Waals surface area (Å²) in [4.78, 5) is 2.59. The smallest absolute Gasteiger partial charge is 0.0496 e. The molecule has 2 aliphatic heterocycles. The SMILES string of the molecule is Cl.Cl.Nc1cccc2c1C1CNCCN1CC2c1ccccc1. The molecule has 1 fully saturated rings. The predicted octanol–water partition coefficient (Wildman–Crippen LogP) is 3.20. The number of nitrogens with two attached hydrogens (primary N) is 1. The zero-order valence-corrected chi connectivity index (χ0v) is 14.6. The van der Waals surface area contributed by atoms with E-state index in [1.165, 1.54) is 16.7 Å². The van der Waals surface area contributed by atoms with Gasteiger partial charge in [-0.2, -0.15) is 0 Å². The van der Waals surface area contributed by atoms with Crippen LogP contribution in [0, 0.1) is 0 Å². The zero-order chi connectivity index (χ0) is 14.2. The number of benzene rings is 2. The first-order valence-electron chi connectivity index (χ1n) is 7.72. The zero-order valence-electron chi connectivity index (χ0n) is 12.9. The Kier molecular flexibility index (Phi) is 5.93. The maximum atomic E-state index is 6.33. The molecule has 0 amide bonds. The van der Waals surface area contributed by atoms with Gasteiger partial charge in [0.25, 0.3) is 0 Å². The van der Waals surface area contributed by atoms with Crippen molar-refractivity contribution in [1.82, 2.24) is 10.2 Å². The molecule has 0 aromatic heterocycles. The Morgan fingerprint density at radius 3 is 2.57 bits per heavy atom. The van der Waals surface area contributed by atoms with Crippen LogP contribution in [0.25, 0.3) is 0 Å². The van der Waals surface area contributed by atoms with Gasteiger partial charge < -0.3 is 11.1 Å². The maximum absolute atomic E-state index is 6.33. The number of piperazine rings is 1. The normalized spacial score (nSPS) is 23.0. The van der Waals surface area contributed by atoms with Gasteiger partial charge in [-0.25, -0.2) is 0 Å². The van der Waals surface area contributed by atoms with Gasteiger partial charge in [-0.3, -0.25) is 4.90 Å². The molecule has 0 radical (unpaired) electrons. The summed E-state index contributed by atoms with van der Waals surface area (Å²) in [5.74, 6) is 0.430. The lowest BCUT2D eigenvalue weighted by atomic mass is 9.80. The van der Waals surface area contributed by atoms with E-state index in [4.69, 9.17) is 5.73 Å². The largest absolute Gasteiger partial charge is 0.398 e. The summed E-state index contributed by atoms with van der Waals surface area (Å²) in [6.07, 6.45) is 0. The summed E-state index contributed by atoms with van der Waals surface area (Å²) in [6, 6.07) is 17.6. The van der Waals surface area contributed by atoms with E-state index in [-0.39, 0.29) is 24.8 Å². The molecule has 4 rings (SSSR count). The highest BCUT2D eigenvalue weighted by atomic mass is 35.5. The number of rotatable bonds is 1. The van der Waals surface area contributed by atoms with Crippen molar-refractivity contribution in [2.24, 2.45) is 0 Å². The third kappa shape index (κ3) is 3.20. The molecule has 2 aromatic carbocycles. The van der Waals surface area contributed by atoms with Gasteiger partial charge in [-0.15, -0.1) is 24.8 Å². The fourth-order valence-corrected chi connectivity index (χ4v) is 3.84. The van der Waals surface area contributed by atoms with Gasteiger partial charge in [-0.1, -0.05) is 42.5 Å². The lowest BCUT2D eigenvalue weighted by Gasteiger charge is -2.44.